The van der Waals surface area contributed by atoms with Crippen LogP contribution in [0.15, 0.2) is 22.7 Å². The van der Waals surface area contributed by atoms with Crippen molar-refractivity contribution in [1.82, 2.24) is 4.90 Å². The zero-order valence-corrected chi connectivity index (χ0v) is 14.4. The SMILES string of the molecule is Cc1cc(Br)ccc1NC(=O)[C@H]1CC(=O)N(C2CCCC2)C1. The van der Waals surface area contributed by atoms with E-state index in [2.05, 4.69) is 21.2 Å². The number of nitrogens with zero attached hydrogens (tertiary/aromatic N) is 1. The normalized spacial score (nSPS) is 22.4. The molecule has 0 unspecified atom stereocenters. The van der Waals surface area contributed by atoms with Crippen LogP contribution in [0, 0.1) is 12.8 Å². The molecule has 22 heavy (non-hydrogen) atoms. The minimum atomic E-state index is -0.226. The molecule has 3 rings (SSSR count). The lowest BCUT2D eigenvalue weighted by molar-refractivity contribution is -0.129. The molecule has 2 aliphatic rings. The molecule has 2 fully saturated rings. The molecule has 1 aromatic rings. The third-order valence-corrected chi connectivity index (χ3v) is 5.23. The number of hydrogen-bond acceptors (Lipinski definition) is 2. The van der Waals surface area contributed by atoms with E-state index < -0.39 is 0 Å². The molecule has 1 aliphatic carbocycles. The predicted octanol–water partition coefficient (Wildman–Crippen LogP) is 3.49. The largest absolute Gasteiger partial charge is 0.339 e. The number of nitrogens with one attached hydrogen (secondary N) is 1. The number of anilines is 1. The van der Waals surface area contributed by atoms with Crippen molar-refractivity contribution in [2.75, 3.05) is 11.9 Å². The minimum Gasteiger partial charge on any atom is -0.339 e. The lowest BCUT2D eigenvalue weighted by Gasteiger charge is -2.24. The first kappa shape index (κ1) is 15.5. The highest BCUT2D eigenvalue weighted by Gasteiger charge is 2.38. The summed E-state index contributed by atoms with van der Waals surface area (Å²) in [5, 5.41) is 2.97. The number of benzene rings is 1. The number of halogens is 1. The zero-order chi connectivity index (χ0) is 15.7. The molecule has 4 nitrogen and oxygen atoms in total. The number of amides is 2. The molecule has 1 aliphatic heterocycles. The number of hydrogen-bond donors (Lipinski definition) is 1. The van der Waals surface area contributed by atoms with Crippen LogP contribution in [0.25, 0.3) is 0 Å². The van der Waals surface area contributed by atoms with Crippen LogP contribution >= 0.6 is 15.9 Å². The molecular weight excluding hydrogens is 344 g/mol. The van der Waals surface area contributed by atoms with Gasteiger partial charge in [-0.15, -0.1) is 0 Å². The van der Waals surface area contributed by atoms with Crippen LogP contribution in [-0.4, -0.2) is 29.3 Å². The van der Waals surface area contributed by atoms with Gasteiger partial charge in [0.2, 0.25) is 11.8 Å². The zero-order valence-electron chi connectivity index (χ0n) is 12.8. The van der Waals surface area contributed by atoms with E-state index in [0.717, 1.165) is 28.6 Å². The lowest BCUT2D eigenvalue weighted by Crippen LogP contribution is -2.35. The van der Waals surface area contributed by atoms with Gasteiger partial charge in [0.05, 0.1) is 5.92 Å². The molecule has 0 bridgehead atoms. The Hall–Kier alpha value is -1.36. The molecule has 0 radical (unpaired) electrons. The summed E-state index contributed by atoms with van der Waals surface area (Å²) in [4.78, 5) is 26.6. The molecule has 1 heterocycles. The summed E-state index contributed by atoms with van der Waals surface area (Å²) in [5.74, 6) is -0.130. The Labute approximate surface area is 139 Å². The maximum atomic E-state index is 12.5. The summed E-state index contributed by atoms with van der Waals surface area (Å²) >= 11 is 3.42. The number of carbonyl (C=O) groups excluding carboxylic acids is 2. The van der Waals surface area contributed by atoms with Crippen LogP contribution < -0.4 is 5.32 Å². The Bertz CT molecular complexity index is 596. The molecular formula is C17H21BrN2O2. The molecule has 1 atom stereocenters. The first-order valence-corrected chi connectivity index (χ1v) is 8.70. The van der Waals surface area contributed by atoms with E-state index in [1.165, 1.54) is 12.8 Å². The van der Waals surface area contributed by atoms with Gasteiger partial charge in [0.1, 0.15) is 0 Å². The standard InChI is InChI=1S/C17H21BrN2O2/c1-11-8-13(18)6-7-15(11)19-17(22)12-9-16(21)20(10-12)14-4-2-3-5-14/h6-8,12,14H,2-5,9-10H2,1H3,(H,19,22)/t12-/m0/s1. The average molecular weight is 365 g/mol. The molecule has 0 aromatic heterocycles. The van der Waals surface area contributed by atoms with Gasteiger partial charge < -0.3 is 10.2 Å². The number of rotatable bonds is 3. The number of aryl methyl sites for hydroxylation is 1. The van der Waals surface area contributed by atoms with Gasteiger partial charge in [-0.2, -0.15) is 0 Å². The van der Waals surface area contributed by atoms with Gasteiger partial charge in [-0.05, 0) is 43.5 Å². The van der Waals surface area contributed by atoms with E-state index in [0.29, 0.717) is 19.0 Å². The van der Waals surface area contributed by atoms with Crippen molar-refractivity contribution < 1.29 is 9.59 Å². The van der Waals surface area contributed by atoms with Crippen molar-refractivity contribution in [2.24, 2.45) is 5.92 Å². The molecule has 1 saturated carbocycles. The van der Waals surface area contributed by atoms with E-state index in [4.69, 9.17) is 0 Å². The van der Waals surface area contributed by atoms with E-state index in [-0.39, 0.29) is 17.7 Å². The fourth-order valence-corrected chi connectivity index (χ4v) is 3.95. The highest BCUT2D eigenvalue weighted by Crippen LogP contribution is 2.30. The first-order valence-electron chi connectivity index (χ1n) is 7.91. The van der Waals surface area contributed by atoms with Gasteiger partial charge in [-0.25, -0.2) is 0 Å². The van der Waals surface area contributed by atoms with Crippen molar-refractivity contribution in [2.45, 2.75) is 45.1 Å². The second-order valence-corrected chi connectivity index (χ2v) is 7.25. The topological polar surface area (TPSA) is 49.4 Å². The van der Waals surface area contributed by atoms with Gasteiger partial charge >= 0.3 is 0 Å². The van der Waals surface area contributed by atoms with E-state index in [9.17, 15) is 9.59 Å². The quantitative estimate of drug-likeness (QED) is 0.892. The molecule has 1 N–H and O–H groups in total. The average Bonchev–Trinajstić information content (AvgIpc) is 3.10. The summed E-state index contributed by atoms with van der Waals surface area (Å²) in [6.07, 6.45) is 4.92. The fourth-order valence-electron chi connectivity index (χ4n) is 3.48. The van der Waals surface area contributed by atoms with Crippen LogP contribution in [-0.2, 0) is 9.59 Å². The van der Waals surface area contributed by atoms with Crippen LogP contribution in [0.4, 0.5) is 5.69 Å². The van der Waals surface area contributed by atoms with Gasteiger partial charge in [0, 0.05) is 29.2 Å². The molecule has 5 heteroatoms. The van der Waals surface area contributed by atoms with Crippen molar-refractivity contribution in [3.05, 3.63) is 28.2 Å². The van der Waals surface area contributed by atoms with Crippen LogP contribution in [0.1, 0.15) is 37.7 Å². The maximum absolute atomic E-state index is 12.5. The van der Waals surface area contributed by atoms with Crippen molar-refractivity contribution in [3.63, 3.8) is 0 Å². The van der Waals surface area contributed by atoms with Crippen molar-refractivity contribution >= 4 is 33.4 Å². The number of carbonyl (C=O) groups is 2. The Morgan fingerprint density at radius 3 is 2.73 bits per heavy atom. The number of likely N-dealkylation sites (tertiary alicyclic amines) is 1. The smallest absolute Gasteiger partial charge is 0.229 e. The van der Waals surface area contributed by atoms with Crippen LogP contribution in [0.5, 0.6) is 0 Å². The second kappa shape index (κ2) is 6.41. The third kappa shape index (κ3) is 3.19. The molecule has 2 amide bonds. The Morgan fingerprint density at radius 1 is 1.32 bits per heavy atom. The van der Waals surface area contributed by atoms with E-state index in [1.807, 2.05) is 30.0 Å². The van der Waals surface area contributed by atoms with E-state index >= 15 is 0 Å². The summed E-state index contributed by atoms with van der Waals surface area (Å²) in [6.45, 7) is 2.54. The van der Waals surface area contributed by atoms with E-state index in [1.54, 1.807) is 0 Å². The molecule has 1 aromatic carbocycles. The molecule has 118 valence electrons. The highest BCUT2D eigenvalue weighted by molar-refractivity contribution is 9.10. The molecule has 0 spiro atoms. The molecule has 1 saturated heterocycles. The first-order chi connectivity index (χ1) is 10.5. The van der Waals surface area contributed by atoms with Crippen LogP contribution in [0.2, 0.25) is 0 Å². The van der Waals surface area contributed by atoms with Gasteiger partial charge in [-0.3, -0.25) is 9.59 Å². The van der Waals surface area contributed by atoms with Gasteiger partial charge in [0.25, 0.3) is 0 Å². The maximum Gasteiger partial charge on any atom is 0.229 e. The summed E-state index contributed by atoms with van der Waals surface area (Å²) in [6, 6.07) is 6.13. The van der Waals surface area contributed by atoms with Gasteiger partial charge in [0.15, 0.2) is 0 Å². The predicted molar refractivity (Wildman–Crippen MR) is 89.6 cm³/mol. The second-order valence-electron chi connectivity index (χ2n) is 6.33. The summed E-state index contributed by atoms with van der Waals surface area (Å²) < 4.78 is 0.992. The summed E-state index contributed by atoms with van der Waals surface area (Å²) in [7, 11) is 0. The Kier molecular flexibility index (Phi) is 4.52. The lowest BCUT2D eigenvalue weighted by atomic mass is 10.1. The monoisotopic (exact) mass is 364 g/mol. The Balaban J connectivity index is 1.64. The summed E-state index contributed by atoms with van der Waals surface area (Å²) in [5.41, 5.74) is 1.83. The van der Waals surface area contributed by atoms with Crippen LogP contribution in [0.3, 0.4) is 0 Å². The Morgan fingerprint density at radius 2 is 2.05 bits per heavy atom. The van der Waals surface area contributed by atoms with Crippen molar-refractivity contribution in [1.29, 1.82) is 0 Å². The third-order valence-electron chi connectivity index (χ3n) is 4.74. The highest BCUT2D eigenvalue weighted by atomic mass is 79.9. The van der Waals surface area contributed by atoms with Crippen molar-refractivity contribution in [3.8, 4) is 0 Å². The van der Waals surface area contributed by atoms with Gasteiger partial charge in [-0.1, -0.05) is 28.8 Å². The fraction of sp³-hybridized carbons (Fsp3) is 0.529. The minimum absolute atomic E-state index is 0.0423.